The molecule has 1 fully saturated rings. The minimum atomic E-state index is -0.166. The van der Waals surface area contributed by atoms with Crippen LogP contribution in [-0.2, 0) is 17.8 Å². The Morgan fingerprint density at radius 2 is 2.27 bits per heavy atom. The molecule has 9 heteroatoms. The third-order valence-corrected chi connectivity index (χ3v) is 5.73. The van der Waals surface area contributed by atoms with Gasteiger partial charge in [-0.05, 0) is 37.1 Å². The Labute approximate surface area is 179 Å². The van der Waals surface area contributed by atoms with E-state index in [-0.39, 0.29) is 24.4 Å². The summed E-state index contributed by atoms with van der Waals surface area (Å²) < 4.78 is 5.17. The number of halogens is 1. The summed E-state index contributed by atoms with van der Waals surface area (Å²) in [6, 6.07) is 7.42. The molecule has 0 spiro atoms. The zero-order valence-electron chi connectivity index (χ0n) is 16.7. The van der Waals surface area contributed by atoms with Gasteiger partial charge in [-0.1, -0.05) is 11.6 Å². The van der Waals surface area contributed by atoms with Gasteiger partial charge in [-0.3, -0.25) is 4.79 Å². The lowest BCUT2D eigenvalue weighted by molar-refractivity contribution is -0.132. The summed E-state index contributed by atoms with van der Waals surface area (Å²) in [4.78, 5) is 35.8. The van der Waals surface area contributed by atoms with Crippen molar-refractivity contribution in [3.8, 4) is 0 Å². The van der Waals surface area contributed by atoms with Crippen LogP contribution in [0.5, 0.6) is 0 Å². The minimum absolute atomic E-state index is 0.0120. The van der Waals surface area contributed by atoms with E-state index in [4.69, 9.17) is 16.0 Å². The lowest BCUT2D eigenvalue weighted by atomic mass is 10.0. The van der Waals surface area contributed by atoms with Crippen LogP contribution in [0.1, 0.15) is 24.3 Å². The number of nitrogens with one attached hydrogen (secondary N) is 2. The molecule has 0 bridgehead atoms. The van der Waals surface area contributed by atoms with Crippen LogP contribution in [0.4, 0.5) is 4.79 Å². The SMILES string of the molecule is CN(C(=O)NCc1cc2cc(Cl)ccc2[nH]1)[C@@H]1CCCN(C(=O)Cc2cnco2)C1. The molecule has 1 saturated heterocycles. The van der Waals surface area contributed by atoms with E-state index in [1.807, 2.05) is 24.3 Å². The zero-order valence-corrected chi connectivity index (χ0v) is 17.5. The molecule has 158 valence electrons. The first kappa shape index (κ1) is 20.3. The molecule has 2 N–H and O–H groups in total. The van der Waals surface area contributed by atoms with Crippen LogP contribution in [0.3, 0.4) is 0 Å². The lowest BCUT2D eigenvalue weighted by Crippen LogP contribution is -2.52. The molecule has 1 aliphatic rings. The van der Waals surface area contributed by atoms with E-state index >= 15 is 0 Å². The van der Waals surface area contributed by atoms with Crippen LogP contribution in [0.15, 0.2) is 41.3 Å². The third kappa shape index (κ3) is 4.59. The number of rotatable bonds is 5. The van der Waals surface area contributed by atoms with Crippen LogP contribution in [0, 0.1) is 0 Å². The number of urea groups is 1. The second-order valence-electron chi connectivity index (χ2n) is 7.58. The number of H-pyrrole nitrogens is 1. The summed E-state index contributed by atoms with van der Waals surface area (Å²) in [7, 11) is 1.77. The molecule has 1 aromatic carbocycles. The number of nitrogens with zero attached hydrogens (tertiary/aromatic N) is 3. The summed E-state index contributed by atoms with van der Waals surface area (Å²) >= 11 is 6.03. The molecule has 0 aliphatic carbocycles. The van der Waals surface area contributed by atoms with Crippen LogP contribution in [-0.4, -0.2) is 57.9 Å². The number of oxazole rings is 1. The highest BCUT2D eigenvalue weighted by Gasteiger charge is 2.28. The Morgan fingerprint density at radius 3 is 3.07 bits per heavy atom. The van der Waals surface area contributed by atoms with E-state index in [1.165, 1.54) is 6.39 Å². The molecule has 30 heavy (non-hydrogen) atoms. The molecule has 8 nitrogen and oxygen atoms in total. The molecule has 2 aromatic heterocycles. The van der Waals surface area contributed by atoms with Crippen LogP contribution in [0.25, 0.3) is 10.9 Å². The van der Waals surface area contributed by atoms with Crippen LogP contribution >= 0.6 is 11.6 Å². The fourth-order valence-electron chi connectivity index (χ4n) is 3.81. The van der Waals surface area contributed by atoms with Crippen molar-refractivity contribution < 1.29 is 14.0 Å². The molecule has 3 amide bonds. The van der Waals surface area contributed by atoms with Gasteiger partial charge in [-0.2, -0.15) is 0 Å². The van der Waals surface area contributed by atoms with Gasteiger partial charge < -0.3 is 24.5 Å². The summed E-state index contributed by atoms with van der Waals surface area (Å²) in [5.74, 6) is 0.537. The average Bonchev–Trinajstić information content (AvgIpc) is 3.40. The van der Waals surface area contributed by atoms with Gasteiger partial charge in [0, 0.05) is 41.8 Å². The highest BCUT2D eigenvalue weighted by molar-refractivity contribution is 6.31. The number of amides is 3. The maximum atomic E-state index is 12.7. The van der Waals surface area contributed by atoms with Gasteiger partial charge in [0.15, 0.2) is 6.39 Å². The molecular weight excluding hydrogens is 406 g/mol. The molecule has 0 unspecified atom stereocenters. The normalized spacial score (nSPS) is 16.6. The van der Waals surface area contributed by atoms with Crippen molar-refractivity contribution in [2.75, 3.05) is 20.1 Å². The quantitative estimate of drug-likeness (QED) is 0.651. The minimum Gasteiger partial charge on any atom is -0.448 e. The molecule has 3 heterocycles. The van der Waals surface area contributed by atoms with Gasteiger partial charge in [0.2, 0.25) is 5.91 Å². The fraction of sp³-hybridized carbons (Fsp3) is 0.381. The number of hydrogen-bond acceptors (Lipinski definition) is 4. The number of hydrogen-bond donors (Lipinski definition) is 2. The Hall–Kier alpha value is -3.00. The predicted octanol–water partition coefficient (Wildman–Crippen LogP) is 3.18. The first-order valence-electron chi connectivity index (χ1n) is 9.92. The van der Waals surface area contributed by atoms with Gasteiger partial charge >= 0.3 is 6.03 Å². The first-order valence-corrected chi connectivity index (χ1v) is 10.3. The van der Waals surface area contributed by atoms with Gasteiger partial charge in [-0.15, -0.1) is 0 Å². The number of carbonyl (C=O) groups is 2. The highest BCUT2D eigenvalue weighted by atomic mass is 35.5. The zero-order chi connectivity index (χ0) is 21.1. The van der Waals surface area contributed by atoms with Crippen molar-refractivity contribution in [3.63, 3.8) is 0 Å². The number of benzene rings is 1. The van der Waals surface area contributed by atoms with Crippen molar-refractivity contribution in [1.82, 2.24) is 25.1 Å². The predicted molar refractivity (Wildman–Crippen MR) is 113 cm³/mol. The molecule has 4 rings (SSSR count). The Bertz CT molecular complexity index is 1030. The van der Waals surface area contributed by atoms with E-state index < -0.39 is 0 Å². The third-order valence-electron chi connectivity index (χ3n) is 5.49. The molecule has 1 atom stereocenters. The summed E-state index contributed by atoms with van der Waals surface area (Å²) in [5.41, 5.74) is 1.88. The second kappa shape index (κ2) is 8.79. The molecule has 1 aliphatic heterocycles. The number of carbonyl (C=O) groups excluding carboxylic acids is 2. The highest BCUT2D eigenvalue weighted by Crippen LogP contribution is 2.20. The first-order chi connectivity index (χ1) is 14.5. The Morgan fingerprint density at radius 1 is 1.40 bits per heavy atom. The summed E-state index contributed by atoms with van der Waals surface area (Å²) in [5, 5.41) is 4.63. The standard InChI is InChI=1S/C21H24ClN5O3/c1-26(17-3-2-6-27(12-17)20(28)9-18-11-23-13-30-18)21(29)24-10-16-8-14-7-15(22)4-5-19(14)25-16/h4-5,7-8,11,13,17,25H,2-3,6,9-10,12H2,1H3,(H,24,29)/t17-/m1/s1. The topological polar surface area (TPSA) is 94.5 Å². The van der Waals surface area contributed by atoms with E-state index in [0.717, 1.165) is 29.4 Å². The number of fused-ring (bicyclic) bond motifs is 1. The van der Waals surface area contributed by atoms with Crippen molar-refractivity contribution in [2.45, 2.75) is 31.8 Å². The average molecular weight is 430 g/mol. The number of likely N-dealkylation sites (tertiary alicyclic amines) is 1. The van der Waals surface area contributed by atoms with Gasteiger partial charge in [-0.25, -0.2) is 9.78 Å². The lowest BCUT2D eigenvalue weighted by Gasteiger charge is -2.37. The second-order valence-corrected chi connectivity index (χ2v) is 8.01. The molecule has 3 aromatic rings. The Balaban J connectivity index is 1.31. The van der Waals surface area contributed by atoms with E-state index in [2.05, 4.69) is 15.3 Å². The number of likely N-dealkylation sites (N-methyl/N-ethyl adjacent to an activating group) is 1. The molecular formula is C21H24ClN5O3. The van der Waals surface area contributed by atoms with Crippen molar-refractivity contribution in [3.05, 3.63) is 53.3 Å². The smallest absolute Gasteiger partial charge is 0.317 e. The summed E-state index contributed by atoms with van der Waals surface area (Å²) in [6.45, 7) is 1.59. The van der Waals surface area contributed by atoms with Gasteiger partial charge in [0.05, 0.1) is 25.2 Å². The molecule has 0 saturated carbocycles. The maximum Gasteiger partial charge on any atom is 0.317 e. The van der Waals surface area contributed by atoms with Crippen molar-refractivity contribution in [1.29, 1.82) is 0 Å². The maximum absolute atomic E-state index is 12.7. The largest absolute Gasteiger partial charge is 0.448 e. The number of piperidine rings is 1. The van der Waals surface area contributed by atoms with Gasteiger partial charge in [0.25, 0.3) is 0 Å². The fourth-order valence-corrected chi connectivity index (χ4v) is 3.99. The van der Waals surface area contributed by atoms with Crippen molar-refractivity contribution in [2.24, 2.45) is 0 Å². The number of aromatic nitrogens is 2. The molecule has 0 radical (unpaired) electrons. The van der Waals surface area contributed by atoms with Crippen LogP contribution in [0.2, 0.25) is 5.02 Å². The van der Waals surface area contributed by atoms with E-state index in [0.29, 0.717) is 30.4 Å². The van der Waals surface area contributed by atoms with E-state index in [1.54, 1.807) is 23.0 Å². The van der Waals surface area contributed by atoms with Crippen LogP contribution < -0.4 is 5.32 Å². The Kier molecular flexibility index (Phi) is 5.94. The number of aromatic amines is 1. The monoisotopic (exact) mass is 429 g/mol. The van der Waals surface area contributed by atoms with E-state index in [9.17, 15) is 9.59 Å². The van der Waals surface area contributed by atoms with Crippen molar-refractivity contribution >= 4 is 34.4 Å². The summed E-state index contributed by atoms with van der Waals surface area (Å²) in [6.07, 6.45) is 4.78. The van der Waals surface area contributed by atoms with Gasteiger partial charge in [0.1, 0.15) is 5.76 Å².